The van der Waals surface area contributed by atoms with E-state index in [1.807, 2.05) is 26.0 Å². The largest absolute Gasteiger partial charge is 0.452 e. The van der Waals surface area contributed by atoms with Gasteiger partial charge in [-0.1, -0.05) is 16.6 Å². The van der Waals surface area contributed by atoms with Gasteiger partial charge in [0.1, 0.15) is 0 Å². The molecule has 2 aromatic rings. The molecule has 1 amide bonds. The number of carbonyl (C=O) groups is 2. The fourth-order valence-electron chi connectivity index (χ4n) is 2.26. The number of benzene rings is 2. The molecule has 1 N–H and O–H groups in total. The zero-order chi connectivity index (χ0) is 20.9. The first-order chi connectivity index (χ1) is 13.1. The molecule has 0 radical (unpaired) electrons. The van der Waals surface area contributed by atoms with E-state index in [0.29, 0.717) is 10.2 Å². The van der Waals surface area contributed by atoms with Crippen molar-refractivity contribution in [3.63, 3.8) is 0 Å². The Labute approximate surface area is 164 Å². The average Bonchev–Trinajstić information content (AvgIpc) is 2.68. The van der Waals surface area contributed by atoms with E-state index in [0.717, 1.165) is 17.2 Å². The lowest BCUT2D eigenvalue weighted by Gasteiger charge is -2.14. The van der Waals surface area contributed by atoms with Gasteiger partial charge in [0.25, 0.3) is 15.9 Å². The van der Waals surface area contributed by atoms with Crippen LogP contribution in [-0.2, 0) is 24.4 Å². The second-order valence-electron chi connectivity index (χ2n) is 6.05. The van der Waals surface area contributed by atoms with Gasteiger partial charge in [-0.15, -0.1) is 0 Å². The van der Waals surface area contributed by atoms with Gasteiger partial charge in [-0.25, -0.2) is 13.2 Å². The minimum absolute atomic E-state index is 0.00422. The summed E-state index contributed by atoms with van der Waals surface area (Å²) in [6.45, 7) is 3.38. The van der Waals surface area contributed by atoms with Crippen molar-refractivity contribution < 1.29 is 27.6 Å². The maximum atomic E-state index is 12.2. The van der Waals surface area contributed by atoms with Crippen LogP contribution in [0.2, 0.25) is 0 Å². The zero-order valence-electron chi connectivity index (χ0n) is 16.1. The van der Waals surface area contributed by atoms with E-state index in [4.69, 9.17) is 9.57 Å². The second-order valence-corrected chi connectivity index (χ2v) is 7.98. The summed E-state index contributed by atoms with van der Waals surface area (Å²) in [7, 11) is -1.45. The molecule has 0 aliphatic rings. The number of esters is 1. The SMILES string of the molecule is CON(C)S(=O)(=O)c1cccc(C(=O)OCC(=O)Nc2ccc(C)c(C)c2)c1. The molecular weight excluding hydrogens is 384 g/mol. The standard InChI is InChI=1S/C19H22N2O6S/c1-13-8-9-16(10-14(13)2)20-18(22)12-27-19(23)15-6-5-7-17(11-15)28(24,25)21(3)26-4/h5-11H,12H2,1-4H3,(H,20,22). The molecule has 0 saturated carbocycles. The Morgan fingerprint density at radius 3 is 2.43 bits per heavy atom. The Bertz CT molecular complexity index is 988. The summed E-state index contributed by atoms with van der Waals surface area (Å²) in [6.07, 6.45) is 0. The molecule has 2 aromatic carbocycles. The first kappa shape index (κ1) is 21.5. The van der Waals surface area contributed by atoms with E-state index in [1.165, 1.54) is 32.4 Å². The summed E-state index contributed by atoms with van der Waals surface area (Å²) in [5.41, 5.74) is 2.72. The third-order valence-corrected chi connectivity index (χ3v) is 5.76. The molecule has 150 valence electrons. The lowest BCUT2D eigenvalue weighted by atomic mass is 10.1. The van der Waals surface area contributed by atoms with Crippen LogP contribution in [0.3, 0.4) is 0 Å². The summed E-state index contributed by atoms with van der Waals surface area (Å²) in [6, 6.07) is 10.7. The van der Waals surface area contributed by atoms with Crippen molar-refractivity contribution in [1.29, 1.82) is 0 Å². The highest BCUT2D eigenvalue weighted by atomic mass is 32.2. The molecule has 0 spiro atoms. The van der Waals surface area contributed by atoms with Gasteiger partial charge in [-0.05, 0) is 55.3 Å². The maximum absolute atomic E-state index is 12.2. The van der Waals surface area contributed by atoms with Gasteiger partial charge in [0.2, 0.25) is 0 Å². The molecule has 0 atom stereocenters. The molecule has 0 aliphatic heterocycles. The number of nitrogens with one attached hydrogen (secondary N) is 1. The molecule has 0 fully saturated rings. The smallest absolute Gasteiger partial charge is 0.338 e. The predicted molar refractivity (Wildman–Crippen MR) is 103 cm³/mol. The number of hydrogen-bond acceptors (Lipinski definition) is 6. The summed E-state index contributed by atoms with van der Waals surface area (Å²) in [5.74, 6) is -1.31. The van der Waals surface area contributed by atoms with E-state index in [-0.39, 0.29) is 10.5 Å². The number of anilines is 1. The molecule has 0 unspecified atom stereocenters. The van der Waals surface area contributed by atoms with Crippen molar-refractivity contribution in [2.45, 2.75) is 18.7 Å². The number of rotatable bonds is 7. The maximum Gasteiger partial charge on any atom is 0.338 e. The van der Waals surface area contributed by atoms with Crippen molar-refractivity contribution in [3.8, 4) is 0 Å². The number of amides is 1. The minimum Gasteiger partial charge on any atom is -0.452 e. The topological polar surface area (TPSA) is 102 Å². The molecule has 28 heavy (non-hydrogen) atoms. The van der Waals surface area contributed by atoms with Gasteiger partial charge >= 0.3 is 5.97 Å². The number of hydrogen-bond donors (Lipinski definition) is 1. The summed E-state index contributed by atoms with van der Waals surface area (Å²) >= 11 is 0. The van der Waals surface area contributed by atoms with Crippen LogP contribution in [0.15, 0.2) is 47.4 Å². The van der Waals surface area contributed by atoms with Gasteiger partial charge in [-0.3, -0.25) is 9.63 Å². The van der Waals surface area contributed by atoms with Crippen LogP contribution in [-0.4, -0.2) is 45.5 Å². The van der Waals surface area contributed by atoms with Gasteiger partial charge in [-0.2, -0.15) is 0 Å². The van der Waals surface area contributed by atoms with Crippen LogP contribution >= 0.6 is 0 Å². The van der Waals surface area contributed by atoms with Gasteiger partial charge in [0, 0.05) is 12.7 Å². The predicted octanol–water partition coefficient (Wildman–Crippen LogP) is 2.28. The van der Waals surface area contributed by atoms with E-state index in [1.54, 1.807) is 6.07 Å². The van der Waals surface area contributed by atoms with E-state index < -0.39 is 28.5 Å². The minimum atomic E-state index is -3.90. The molecule has 0 saturated heterocycles. The Morgan fingerprint density at radius 2 is 1.79 bits per heavy atom. The van der Waals surface area contributed by atoms with Gasteiger partial charge in [0.15, 0.2) is 6.61 Å². The van der Waals surface area contributed by atoms with Gasteiger partial charge in [0.05, 0.1) is 17.6 Å². The monoisotopic (exact) mass is 406 g/mol. The quantitative estimate of drug-likeness (QED) is 0.559. The van der Waals surface area contributed by atoms with Crippen LogP contribution < -0.4 is 5.32 Å². The highest BCUT2D eigenvalue weighted by Crippen LogP contribution is 2.17. The van der Waals surface area contributed by atoms with Gasteiger partial charge < -0.3 is 10.1 Å². The van der Waals surface area contributed by atoms with Crippen molar-refractivity contribution in [2.75, 3.05) is 26.1 Å². The van der Waals surface area contributed by atoms with Crippen LogP contribution in [0.1, 0.15) is 21.5 Å². The third-order valence-electron chi connectivity index (χ3n) is 4.09. The van der Waals surface area contributed by atoms with Crippen LogP contribution in [0, 0.1) is 13.8 Å². The van der Waals surface area contributed by atoms with Crippen LogP contribution in [0.25, 0.3) is 0 Å². The van der Waals surface area contributed by atoms with Crippen molar-refractivity contribution >= 4 is 27.6 Å². The second kappa shape index (κ2) is 8.96. The number of nitrogens with zero attached hydrogens (tertiary/aromatic N) is 1. The third kappa shape index (κ3) is 5.16. The molecule has 0 aliphatic carbocycles. The molecule has 8 nitrogen and oxygen atoms in total. The average molecular weight is 406 g/mol. The summed E-state index contributed by atoms with van der Waals surface area (Å²) < 4.78 is 30.1. The fraction of sp³-hybridized carbons (Fsp3) is 0.263. The molecule has 9 heteroatoms. The zero-order valence-corrected chi connectivity index (χ0v) is 16.9. The molecule has 2 rings (SSSR count). The molecular formula is C19H22N2O6S. The molecule has 0 aromatic heterocycles. The van der Waals surface area contributed by atoms with E-state index >= 15 is 0 Å². The Kier molecular flexibility index (Phi) is 6.90. The molecule has 0 bridgehead atoms. The fourth-order valence-corrected chi connectivity index (χ4v) is 3.28. The summed E-state index contributed by atoms with van der Waals surface area (Å²) in [5, 5.41) is 2.64. The van der Waals surface area contributed by atoms with E-state index in [2.05, 4.69) is 5.32 Å². The van der Waals surface area contributed by atoms with Crippen molar-refractivity contribution in [1.82, 2.24) is 4.47 Å². The Balaban J connectivity index is 2.02. The van der Waals surface area contributed by atoms with Crippen molar-refractivity contribution in [3.05, 3.63) is 59.2 Å². The normalized spacial score (nSPS) is 11.3. The number of carbonyl (C=O) groups excluding carboxylic acids is 2. The molecule has 0 heterocycles. The number of ether oxygens (including phenoxy) is 1. The summed E-state index contributed by atoms with van der Waals surface area (Å²) in [4.78, 5) is 28.7. The van der Waals surface area contributed by atoms with Crippen LogP contribution in [0.5, 0.6) is 0 Å². The number of sulfonamides is 1. The van der Waals surface area contributed by atoms with Crippen LogP contribution in [0.4, 0.5) is 5.69 Å². The first-order valence-electron chi connectivity index (χ1n) is 8.32. The Morgan fingerprint density at radius 1 is 1.07 bits per heavy atom. The van der Waals surface area contributed by atoms with Crippen molar-refractivity contribution in [2.24, 2.45) is 0 Å². The van der Waals surface area contributed by atoms with E-state index in [9.17, 15) is 18.0 Å². The number of hydroxylamine groups is 1. The Hall–Kier alpha value is -2.75. The highest BCUT2D eigenvalue weighted by molar-refractivity contribution is 7.89. The lowest BCUT2D eigenvalue weighted by molar-refractivity contribution is -0.119. The lowest BCUT2D eigenvalue weighted by Crippen LogP contribution is -2.26. The number of aryl methyl sites for hydroxylation is 2. The highest BCUT2D eigenvalue weighted by Gasteiger charge is 2.22. The first-order valence-corrected chi connectivity index (χ1v) is 9.76.